The SMILES string of the molecule is O=C(O)c1ccc2c(c1)O[C@H]1C[C@@H](O)[C@H](/C=C/C(O)C3(c4ccsc4)CC3)[C@H]1CC2. The van der Waals surface area contributed by atoms with Crippen molar-refractivity contribution in [3.8, 4) is 5.75 Å². The fourth-order valence-electron chi connectivity index (χ4n) is 5.23. The smallest absolute Gasteiger partial charge is 0.335 e. The number of rotatable bonds is 5. The van der Waals surface area contributed by atoms with Crippen molar-refractivity contribution >= 4 is 17.3 Å². The molecular formula is C24H26O5S. The van der Waals surface area contributed by atoms with E-state index in [1.165, 1.54) is 5.56 Å². The number of benzene rings is 1. The molecule has 3 N–H and O–H groups in total. The first kappa shape index (κ1) is 19.8. The molecule has 2 aliphatic carbocycles. The van der Waals surface area contributed by atoms with Gasteiger partial charge in [-0.1, -0.05) is 18.2 Å². The quantitative estimate of drug-likeness (QED) is 0.634. The maximum absolute atomic E-state index is 11.3. The predicted octanol–water partition coefficient (Wildman–Crippen LogP) is 3.79. The zero-order valence-corrected chi connectivity index (χ0v) is 17.4. The summed E-state index contributed by atoms with van der Waals surface area (Å²) in [5.41, 5.74) is 2.27. The minimum Gasteiger partial charge on any atom is -0.490 e. The van der Waals surface area contributed by atoms with Gasteiger partial charge in [0.15, 0.2) is 0 Å². The maximum Gasteiger partial charge on any atom is 0.335 e. The number of hydrogen-bond donors (Lipinski definition) is 3. The summed E-state index contributed by atoms with van der Waals surface area (Å²) in [6.45, 7) is 0. The number of aliphatic hydroxyl groups is 2. The first-order chi connectivity index (χ1) is 14.5. The largest absolute Gasteiger partial charge is 0.490 e. The van der Waals surface area contributed by atoms with Gasteiger partial charge in [0.1, 0.15) is 11.9 Å². The Bertz CT molecular complexity index is 962. The molecular weight excluding hydrogens is 400 g/mol. The highest BCUT2D eigenvalue weighted by molar-refractivity contribution is 7.08. The average molecular weight is 427 g/mol. The molecule has 0 bridgehead atoms. The normalized spacial score (nSPS) is 30.2. The highest BCUT2D eigenvalue weighted by atomic mass is 32.1. The van der Waals surface area contributed by atoms with Crippen LogP contribution in [0.1, 0.15) is 47.2 Å². The molecule has 1 aromatic carbocycles. The first-order valence-corrected chi connectivity index (χ1v) is 11.5. The van der Waals surface area contributed by atoms with Crippen molar-refractivity contribution in [1.29, 1.82) is 0 Å². The van der Waals surface area contributed by atoms with Gasteiger partial charge in [-0.15, -0.1) is 0 Å². The van der Waals surface area contributed by atoms with Crippen molar-refractivity contribution in [2.45, 2.75) is 55.8 Å². The van der Waals surface area contributed by atoms with E-state index < -0.39 is 18.2 Å². The molecule has 2 heterocycles. The fraction of sp³-hybridized carbons (Fsp3) is 0.458. The highest BCUT2D eigenvalue weighted by Crippen LogP contribution is 2.52. The third-order valence-corrected chi connectivity index (χ3v) is 7.88. The number of hydrogen-bond acceptors (Lipinski definition) is 5. The van der Waals surface area contributed by atoms with E-state index in [2.05, 4.69) is 11.4 Å². The molecule has 1 aliphatic heterocycles. The molecule has 0 amide bonds. The molecule has 5 rings (SSSR count). The van der Waals surface area contributed by atoms with Gasteiger partial charge in [0.05, 0.1) is 17.8 Å². The van der Waals surface area contributed by atoms with E-state index in [1.54, 1.807) is 23.5 Å². The summed E-state index contributed by atoms with van der Waals surface area (Å²) in [4.78, 5) is 11.3. The van der Waals surface area contributed by atoms with Crippen molar-refractivity contribution in [1.82, 2.24) is 0 Å². The standard InChI is InChI=1S/C24H26O5S/c25-19-12-21-18(4-3-14-1-2-15(23(27)28)11-20(14)29-21)17(19)5-6-22(26)24(8-9-24)16-7-10-30-13-16/h1-2,5-7,10-11,13,17-19,21-22,25-26H,3-4,8-9,12H2,(H,27,28)/b6-5+/t17-,18-,19-,21+,22?/m1/s1. The summed E-state index contributed by atoms with van der Waals surface area (Å²) in [5, 5.41) is 35.0. The van der Waals surface area contributed by atoms with Crippen molar-refractivity contribution in [2.24, 2.45) is 11.8 Å². The number of aryl methyl sites for hydroxylation is 1. The molecule has 2 saturated carbocycles. The van der Waals surface area contributed by atoms with E-state index in [1.807, 2.05) is 23.6 Å². The minimum absolute atomic E-state index is 0.0730. The van der Waals surface area contributed by atoms with Crippen LogP contribution in [0.3, 0.4) is 0 Å². The lowest BCUT2D eigenvalue weighted by molar-refractivity contribution is 0.0695. The second kappa shape index (κ2) is 7.52. The molecule has 0 saturated heterocycles. The Balaban J connectivity index is 1.33. The van der Waals surface area contributed by atoms with Crippen molar-refractivity contribution in [3.63, 3.8) is 0 Å². The second-order valence-corrected chi connectivity index (χ2v) is 9.64. The summed E-state index contributed by atoms with van der Waals surface area (Å²) in [7, 11) is 0. The Hall–Kier alpha value is -2.15. The van der Waals surface area contributed by atoms with Crippen LogP contribution >= 0.6 is 11.3 Å². The van der Waals surface area contributed by atoms with E-state index in [0.29, 0.717) is 12.2 Å². The molecule has 30 heavy (non-hydrogen) atoms. The van der Waals surface area contributed by atoms with Crippen molar-refractivity contribution < 1.29 is 24.9 Å². The molecule has 5 nitrogen and oxygen atoms in total. The summed E-state index contributed by atoms with van der Waals surface area (Å²) in [6, 6.07) is 7.14. The molecule has 2 fully saturated rings. The van der Waals surface area contributed by atoms with Crippen molar-refractivity contribution in [3.05, 3.63) is 63.9 Å². The third kappa shape index (κ3) is 3.37. The van der Waals surface area contributed by atoms with Gasteiger partial charge in [-0.3, -0.25) is 0 Å². The van der Waals surface area contributed by atoms with Crippen LogP contribution in [0.15, 0.2) is 47.2 Å². The Morgan fingerprint density at radius 1 is 1.30 bits per heavy atom. The number of aromatic carboxylic acids is 1. The van der Waals surface area contributed by atoms with Gasteiger partial charge in [-0.25, -0.2) is 4.79 Å². The van der Waals surface area contributed by atoms with Crippen LogP contribution in [-0.4, -0.2) is 39.6 Å². The van der Waals surface area contributed by atoms with Gasteiger partial charge in [0.25, 0.3) is 0 Å². The molecule has 2 aromatic rings. The Labute approximate surface area is 179 Å². The van der Waals surface area contributed by atoms with E-state index in [4.69, 9.17) is 4.74 Å². The fourth-order valence-corrected chi connectivity index (χ4v) is 6.00. The zero-order valence-electron chi connectivity index (χ0n) is 16.6. The summed E-state index contributed by atoms with van der Waals surface area (Å²) in [5.74, 6) is -0.284. The van der Waals surface area contributed by atoms with Crippen LogP contribution in [0.2, 0.25) is 0 Å². The number of thiophene rings is 1. The van der Waals surface area contributed by atoms with E-state index in [-0.39, 0.29) is 28.9 Å². The Morgan fingerprint density at radius 3 is 2.83 bits per heavy atom. The highest BCUT2D eigenvalue weighted by Gasteiger charge is 2.50. The number of fused-ring (bicyclic) bond motifs is 2. The molecule has 0 radical (unpaired) electrons. The predicted molar refractivity (Wildman–Crippen MR) is 114 cm³/mol. The van der Waals surface area contributed by atoms with Crippen LogP contribution in [0, 0.1) is 11.8 Å². The van der Waals surface area contributed by atoms with Gasteiger partial charge in [0, 0.05) is 23.7 Å². The Kier molecular flexibility index (Phi) is 4.96. The molecule has 158 valence electrons. The van der Waals surface area contributed by atoms with E-state index >= 15 is 0 Å². The van der Waals surface area contributed by atoms with Crippen LogP contribution in [-0.2, 0) is 11.8 Å². The molecule has 1 unspecified atom stereocenters. The first-order valence-electron chi connectivity index (χ1n) is 10.6. The Morgan fingerprint density at radius 2 is 2.13 bits per heavy atom. The summed E-state index contributed by atoms with van der Waals surface area (Å²) in [6.07, 6.45) is 6.78. The van der Waals surface area contributed by atoms with Crippen LogP contribution in [0.5, 0.6) is 5.75 Å². The van der Waals surface area contributed by atoms with Gasteiger partial charge < -0.3 is 20.1 Å². The average Bonchev–Trinajstić information content (AvgIpc) is 3.30. The number of carboxylic acids is 1. The van der Waals surface area contributed by atoms with E-state index in [9.17, 15) is 20.1 Å². The van der Waals surface area contributed by atoms with Gasteiger partial charge in [0.2, 0.25) is 0 Å². The number of ether oxygens (including phenoxy) is 1. The molecule has 0 spiro atoms. The van der Waals surface area contributed by atoms with Gasteiger partial charge in [-0.05, 0) is 65.8 Å². The summed E-state index contributed by atoms with van der Waals surface area (Å²) >= 11 is 1.65. The van der Waals surface area contributed by atoms with Crippen LogP contribution < -0.4 is 4.74 Å². The second-order valence-electron chi connectivity index (χ2n) is 8.86. The summed E-state index contributed by atoms with van der Waals surface area (Å²) < 4.78 is 6.20. The molecule has 6 heteroatoms. The lowest BCUT2D eigenvalue weighted by Gasteiger charge is -2.23. The zero-order chi connectivity index (χ0) is 20.9. The number of carboxylic acid groups (broad SMARTS) is 1. The molecule has 1 aromatic heterocycles. The van der Waals surface area contributed by atoms with Crippen molar-refractivity contribution in [2.75, 3.05) is 0 Å². The minimum atomic E-state index is -0.969. The van der Waals surface area contributed by atoms with Crippen LogP contribution in [0.25, 0.3) is 0 Å². The molecule has 5 atom stereocenters. The van der Waals surface area contributed by atoms with Gasteiger partial charge >= 0.3 is 5.97 Å². The van der Waals surface area contributed by atoms with E-state index in [0.717, 1.165) is 31.2 Å². The third-order valence-electron chi connectivity index (χ3n) is 7.20. The number of aliphatic hydroxyl groups excluding tert-OH is 2. The topological polar surface area (TPSA) is 87.0 Å². The van der Waals surface area contributed by atoms with Crippen LogP contribution in [0.4, 0.5) is 0 Å². The van der Waals surface area contributed by atoms with Gasteiger partial charge in [-0.2, -0.15) is 11.3 Å². The lowest BCUT2D eigenvalue weighted by Crippen LogP contribution is -2.26. The maximum atomic E-state index is 11.3. The lowest BCUT2D eigenvalue weighted by atomic mass is 9.86. The monoisotopic (exact) mass is 426 g/mol. The number of carbonyl (C=O) groups is 1. The molecule has 3 aliphatic rings.